The zero-order valence-corrected chi connectivity index (χ0v) is 11.8. The fraction of sp³-hybridized carbons (Fsp3) is 0.333. The largest absolute Gasteiger partial charge is 0.322 e. The standard InChI is InChI=1S/C15H20N4O/c1-11-14(10-19(2)18-11)17-15(20)13(16)9-8-12-6-4-3-5-7-12/h3-7,10,13H,8-9,16H2,1-2H3,(H,17,20)/t13-/m0/s1. The first kappa shape index (κ1) is 14.3. The van der Waals surface area contributed by atoms with Gasteiger partial charge in [0.25, 0.3) is 0 Å². The van der Waals surface area contributed by atoms with Gasteiger partial charge in [0, 0.05) is 13.2 Å². The van der Waals surface area contributed by atoms with Crippen molar-refractivity contribution in [2.75, 3.05) is 5.32 Å². The highest BCUT2D eigenvalue weighted by Crippen LogP contribution is 2.12. The Balaban J connectivity index is 1.87. The fourth-order valence-electron chi connectivity index (χ4n) is 2.05. The molecule has 20 heavy (non-hydrogen) atoms. The molecule has 1 atom stereocenters. The van der Waals surface area contributed by atoms with Crippen LogP contribution in [0.4, 0.5) is 5.69 Å². The molecule has 0 aliphatic heterocycles. The van der Waals surface area contributed by atoms with Crippen LogP contribution in [-0.4, -0.2) is 21.7 Å². The highest BCUT2D eigenvalue weighted by molar-refractivity contribution is 5.94. The van der Waals surface area contributed by atoms with E-state index in [2.05, 4.69) is 10.4 Å². The van der Waals surface area contributed by atoms with E-state index in [9.17, 15) is 4.79 Å². The lowest BCUT2D eigenvalue weighted by Crippen LogP contribution is -2.36. The van der Waals surface area contributed by atoms with Gasteiger partial charge in [-0.3, -0.25) is 9.48 Å². The first-order valence-electron chi connectivity index (χ1n) is 6.67. The van der Waals surface area contributed by atoms with E-state index in [0.29, 0.717) is 12.1 Å². The normalized spacial score (nSPS) is 12.2. The summed E-state index contributed by atoms with van der Waals surface area (Å²) in [6.07, 6.45) is 3.19. The molecular weight excluding hydrogens is 252 g/mol. The molecule has 0 aliphatic carbocycles. The SMILES string of the molecule is Cc1nn(C)cc1NC(=O)[C@@H](N)CCc1ccccc1. The maximum absolute atomic E-state index is 12.0. The van der Waals surface area contributed by atoms with Gasteiger partial charge in [-0.1, -0.05) is 30.3 Å². The highest BCUT2D eigenvalue weighted by Gasteiger charge is 2.15. The zero-order chi connectivity index (χ0) is 14.5. The number of aromatic nitrogens is 2. The molecule has 0 saturated carbocycles. The van der Waals surface area contributed by atoms with Crippen molar-refractivity contribution in [2.45, 2.75) is 25.8 Å². The summed E-state index contributed by atoms with van der Waals surface area (Å²) in [5.74, 6) is -0.169. The molecule has 0 unspecified atom stereocenters. The lowest BCUT2D eigenvalue weighted by Gasteiger charge is -2.11. The van der Waals surface area contributed by atoms with E-state index in [1.165, 1.54) is 5.56 Å². The number of nitrogens with one attached hydrogen (secondary N) is 1. The number of aryl methyl sites for hydroxylation is 3. The number of anilines is 1. The molecule has 3 N–H and O–H groups in total. The minimum Gasteiger partial charge on any atom is -0.322 e. The fourth-order valence-corrected chi connectivity index (χ4v) is 2.05. The van der Waals surface area contributed by atoms with Gasteiger partial charge in [0.05, 0.1) is 17.4 Å². The molecule has 2 aromatic rings. The van der Waals surface area contributed by atoms with Crippen LogP contribution in [0.25, 0.3) is 0 Å². The lowest BCUT2D eigenvalue weighted by molar-refractivity contribution is -0.117. The van der Waals surface area contributed by atoms with Crippen LogP contribution < -0.4 is 11.1 Å². The molecule has 1 heterocycles. The van der Waals surface area contributed by atoms with Gasteiger partial charge in [0.2, 0.25) is 5.91 Å². The molecule has 0 spiro atoms. The average molecular weight is 272 g/mol. The number of carbonyl (C=O) groups excluding carboxylic acids is 1. The number of rotatable bonds is 5. The van der Waals surface area contributed by atoms with Crippen LogP contribution in [0.1, 0.15) is 17.7 Å². The molecule has 0 aliphatic rings. The van der Waals surface area contributed by atoms with Crippen LogP contribution in [0.3, 0.4) is 0 Å². The van der Waals surface area contributed by atoms with Gasteiger partial charge in [-0.2, -0.15) is 5.10 Å². The van der Waals surface area contributed by atoms with Gasteiger partial charge in [0.15, 0.2) is 0 Å². The Labute approximate surface area is 118 Å². The van der Waals surface area contributed by atoms with Crippen LogP contribution in [0.5, 0.6) is 0 Å². The molecule has 2 rings (SSSR count). The Hall–Kier alpha value is -2.14. The maximum atomic E-state index is 12.0. The molecule has 1 aromatic heterocycles. The van der Waals surface area contributed by atoms with E-state index in [-0.39, 0.29) is 5.91 Å². The summed E-state index contributed by atoms with van der Waals surface area (Å²) < 4.78 is 1.67. The van der Waals surface area contributed by atoms with Crippen molar-refractivity contribution in [3.8, 4) is 0 Å². The number of carbonyl (C=O) groups is 1. The Bertz CT molecular complexity index is 577. The van der Waals surface area contributed by atoms with Gasteiger partial charge in [-0.05, 0) is 25.3 Å². The minimum absolute atomic E-state index is 0.169. The molecule has 5 nitrogen and oxygen atoms in total. The Morgan fingerprint density at radius 2 is 2.10 bits per heavy atom. The quantitative estimate of drug-likeness (QED) is 0.869. The van der Waals surface area contributed by atoms with Crippen LogP contribution in [0.15, 0.2) is 36.5 Å². The van der Waals surface area contributed by atoms with Gasteiger partial charge < -0.3 is 11.1 Å². The summed E-state index contributed by atoms with van der Waals surface area (Å²) in [7, 11) is 1.82. The van der Waals surface area contributed by atoms with Crippen molar-refractivity contribution in [2.24, 2.45) is 12.8 Å². The summed E-state index contributed by atoms with van der Waals surface area (Å²) in [5.41, 5.74) is 8.62. The van der Waals surface area contributed by atoms with Crippen molar-refractivity contribution >= 4 is 11.6 Å². The topological polar surface area (TPSA) is 72.9 Å². The summed E-state index contributed by atoms with van der Waals surface area (Å²) in [6.45, 7) is 1.85. The third-order valence-corrected chi connectivity index (χ3v) is 3.19. The van der Waals surface area contributed by atoms with E-state index >= 15 is 0 Å². The van der Waals surface area contributed by atoms with Crippen molar-refractivity contribution in [1.82, 2.24) is 9.78 Å². The molecule has 5 heteroatoms. The molecule has 0 fully saturated rings. The smallest absolute Gasteiger partial charge is 0.241 e. The van der Waals surface area contributed by atoms with E-state index in [0.717, 1.165) is 12.1 Å². The Kier molecular flexibility index (Phi) is 4.53. The summed E-state index contributed by atoms with van der Waals surface area (Å²) >= 11 is 0. The average Bonchev–Trinajstić information content (AvgIpc) is 2.75. The second kappa shape index (κ2) is 6.34. The van der Waals surface area contributed by atoms with Gasteiger partial charge in [-0.25, -0.2) is 0 Å². The number of nitrogens with two attached hydrogens (primary N) is 1. The number of amides is 1. The van der Waals surface area contributed by atoms with E-state index in [4.69, 9.17) is 5.73 Å². The predicted molar refractivity (Wildman–Crippen MR) is 79.3 cm³/mol. The highest BCUT2D eigenvalue weighted by atomic mass is 16.2. The second-order valence-electron chi connectivity index (χ2n) is 4.92. The lowest BCUT2D eigenvalue weighted by atomic mass is 10.1. The molecule has 1 aromatic carbocycles. The van der Waals surface area contributed by atoms with Crippen LogP contribution in [-0.2, 0) is 18.3 Å². The molecule has 0 saturated heterocycles. The summed E-state index contributed by atoms with van der Waals surface area (Å²) in [4.78, 5) is 12.0. The van der Waals surface area contributed by atoms with E-state index in [1.807, 2.05) is 44.3 Å². The van der Waals surface area contributed by atoms with Crippen molar-refractivity contribution in [1.29, 1.82) is 0 Å². The van der Waals surface area contributed by atoms with Gasteiger partial charge in [-0.15, -0.1) is 0 Å². The maximum Gasteiger partial charge on any atom is 0.241 e. The minimum atomic E-state index is -0.519. The van der Waals surface area contributed by atoms with Crippen LogP contribution >= 0.6 is 0 Å². The van der Waals surface area contributed by atoms with E-state index in [1.54, 1.807) is 10.9 Å². The summed E-state index contributed by atoms with van der Waals surface area (Å²) in [5, 5.41) is 7.00. The number of hydrogen-bond acceptors (Lipinski definition) is 3. The number of hydrogen-bond donors (Lipinski definition) is 2. The summed E-state index contributed by atoms with van der Waals surface area (Å²) in [6, 6.07) is 9.50. The zero-order valence-electron chi connectivity index (χ0n) is 11.8. The first-order valence-corrected chi connectivity index (χ1v) is 6.67. The number of nitrogens with zero attached hydrogens (tertiary/aromatic N) is 2. The van der Waals surface area contributed by atoms with Crippen LogP contribution in [0.2, 0.25) is 0 Å². The first-order chi connectivity index (χ1) is 9.56. The van der Waals surface area contributed by atoms with Crippen molar-refractivity contribution in [3.63, 3.8) is 0 Å². The Morgan fingerprint density at radius 1 is 1.40 bits per heavy atom. The van der Waals surface area contributed by atoms with Crippen LogP contribution in [0, 0.1) is 6.92 Å². The monoisotopic (exact) mass is 272 g/mol. The molecule has 0 radical (unpaired) electrons. The van der Waals surface area contributed by atoms with Crippen molar-refractivity contribution < 1.29 is 4.79 Å². The second-order valence-corrected chi connectivity index (χ2v) is 4.92. The van der Waals surface area contributed by atoms with Gasteiger partial charge >= 0.3 is 0 Å². The number of benzene rings is 1. The third-order valence-electron chi connectivity index (χ3n) is 3.19. The molecular formula is C15H20N4O. The predicted octanol–water partition coefficient (Wildman–Crippen LogP) is 1.63. The van der Waals surface area contributed by atoms with Crippen molar-refractivity contribution in [3.05, 3.63) is 47.8 Å². The Morgan fingerprint density at radius 3 is 2.70 bits per heavy atom. The molecule has 0 bridgehead atoms. The van der Waals surface area contributed by atoms with E-state index < -0.39 is 6.04 Å². The third kappa shape index (κ3) is 3.68. The molecule has 1 amide bonds. The molecule has 106 valence electrons. The van der Waals surface area contributed by atoms with Gasteiger partial charge in [0.1, 0.15) is 0 Å².